The van der Waals surface area contributed by atoms with Crippen molar-refractivity contribution in [2.45, 2.75) is 30.1 Å². The van der Waals surface area contributed by atoms with Crippen molar-refractivity contribution in [2.75, 3.05) is 0 Å². The van der Waals surface area contributed by atoms with Crippen molar-refractivity contribution in [1.82, 2.24) is 4.98 Å². The molecule has 3 aromatic rings. The molecule has 0 spiro atoms. The number of aliphatic hydroxyl groups excluding tert-OH is 1. The van der Waals surface area contributed by atoms with E-state index in [1.807, 2.05) is 61.5 Å². The van der Waals surface area contributed by atoms with E-state index in [4.69, 9.17) is 16.3 Å². The Kier molecular flexibility index (Phi) is 4.30. The van der Waals surface area contributed by atoms with E-state index in [0.717, 1.165) is 15.6 Å². The van der Waals surface area contributed by atoms with Gasteiger partial charge in [0.2, 0.25) is 0 Å². The van der Waals surface area contributed by atoms with Crippen LogP contribution in [0.15, 0.2) is 71.3 Å². The molecule has 1 aromatic heterocycles. The highest BCUT2D eigenvalue weighted by atomic mass is 79.9. The molecule has 0 amide bonds. The summed E-state index contributed by atoms with van der Waals surface area (Å²) in [5, 5.41) is 23.9. The van der Waals surface area contributed by atoms with Crippen molar-refractivity contribution in [1.29, 1.82) is 0 Å². The molecule has 0 radical (unpaired) electrons. The highest BCUT2D eigenvalue weighted by Gasteiger charge is 2.75. The topological polar surface area (TPSA) is 62.6 Å². The fraction of sp³-hybridized carbons (Fsp3) is 0.261. The summed E-state index contributed by atoms with van der Waals surface area (Å²) in [7, 11) is 0. The second kappa shape index (κ2) is 6.54. The molecule has 6 heteroatoms. The number of fused-ring (bicyclic) bond motifs is 3. The summed E-state index contributed by atoms with van der Waals surface area (Å²) >= 11 is 9.64. The molecule has 1 aliphatic heterocycles. The summed E-state index contributed by atoms with van der Waals surface area (Å²) in [5.41, 5.74) is -0.886. The van der Waals surface area contributed by atoms with Crippen LogP contribution in [0.4, 0.5) is 0 Å². The van der Waals surface area contributed by atoms with Gasteiger partial charge in [-0.2, -0.15) is 0 Å². The van der Waals surface area contributed by atoms with Crippen LogP contribution in [0.2, 0.25) is 5.02 Å². The molecule has 1 aliphatic carbocycles. The molecule has 1 saturated carbocycles. The maximum atomic E-state index is 12.1. The molecule has 2 heterocycles. The second-order valence-corrected chi connectivity index (χ2v) is 9.16. The van der Waals surface area contributed by atoms with E-state index in [-0.39, 0.29) is 11.8 Å². The number of halogens is 2. The fourth-order valence-corrected chi connectivity index (χ4v) is 5.57. The minimum Gasteiger partial charge on any atom is -0.476 e. The van der Waals surface area contributed by atoms with Gasteiger partial charge >= 0.3 is 0 Å². The zero-order chi connectivity index (χ0) is 20.4. The Morgan fingerprint density at radius 3 is 2.48 bits per heavy atom. The molecule has 5 atom stereocenters. The van der Waals surface area contributed by atoms with E-state index >= 15 is 0 Å². The summed E-state index contributed by atoms with van der Waals surface area (Å²) < 4.78 is 7.48. The number of ether oxygens (including phenoxy) is 1. The van der Waals surface area contributed by atoms with Gasteiger partial charge in [-0.15, -0.1) is 0 Å². The van der Waals surface area contributed by atoms with E-state index in [1.165, 1.54) is 6.20 Å². The van der Waals surface area contributed by atoms with Crippen LogP contribution < -0.4 is 4.74 Å². The van der Waals surface area contributed by atoms with Crippen LogP contribution in [-0.2, 0) is 11.2 Å². The third-order valence-electron chi connectivity index (χ3n) is 6.34. The monoisotopic (exact) mass is 471 g/mol. The second-order valence-electron chi connectivity index (χ2n) is 7.80. The smallest absolute Gasteiger partial charge is 0.181 e. The van der Waals surface area contributed by atoms with E-state index in [1.54, 1.807) is 6.07 Å². The van der Waals surface area contributed by atoms with Crippen LogP contribution in [0.1, 0.15) is 29.7 Å². The van der Waals surface area contributed by atoms with Gasteiger partial charge in [0.1, 0.15) is 11.4 Å². The predicted octanol–water partition coefficient (Wildman–Crippen LogP) is 4.77. The van der Waals surface area contributed by atoms with Crippen LogP contribution in [0.5, 0.6) is 5.75 Å². The number of benzene rings is 2. The third-order valence-corrected chi connectivity index (χ3v) is 7.07. The zero-order valence-corrected chi connectivity index (χ0v) is 17.9. The molecule has 0 bridgehead atoms. The van der Waals surface area contributed by atoms with Gasteiger partial charge in [0.25, 0.3) is 0 Å². The lowest BCUT2D eigenvalue weighted by Gasteiger charge is -2.40. The highest BCUT2D eigenvalue weighted by Crippen LogP contribution is 2.67. The Labute approximate surface area is 182 Å². The van der Waals surface area contributed by atoms with Gasteiger partial charge < -0.3 is 14.9 Å². The Morgan fingerprint density at radius 1 is 1.10 bits per heavy atom. The Morgan fingerprint density at radius 2 is 1.79 bits per heavy atom. The molecule has 2 aromatic carbocycles. The number of aromatic nitrogens is 1. The molecule has 148 valence electrons. The Balaban J connectivity index is 1.84. The van der Waals surface area contributed by atoms with E-state index in [9.17, 15) is 10.2 Å². The first kappa shape index (κ1) is 19.1. The first-order valence-electron chi connectivity index (χ1n) is 9.46. The van der Waals surface area contributed by atoms with Crippen molar-refractivity contribution in [2.24, 2.45) is 5.92 Å². The minimum atomic E-state index is -1.72. The third kappa shape index (κ3) is 2.42. The molecule has 5 rings (SSSR count). The summed E-state index contributed by atoms with van der Waals surface area (Å²) in [6.07, 6.45) is 0.401. The fourth-order valence-electron chi connectivity index (χ4n) is 5.16. The van der Waals surface area contributed by atoms with Crippen molar-refractivity contribution in [3.8, 4) is 5.75 Å². The number of rotatable bonds is 2. The van der Waals surface area contributed by atoms with E-state index in [0.29, 0.717) is 16.5 Å². The minimum absolute atomic E-state index is 0.281. The molecular formula is C23H19BrClNO3. The van der Waals surface area contributed by atoms with Crippen LogP contribution in [0.25, 0.3) is 0 Å². The molecule has 4 nitrogen and oxygen atoms in total. The zero-order valence-electron chi connectivity index (χ0n) is 15.6. The van der Waals surface area contributed by atoms with Gasteiger partial charge in [-0.1, -0.05) is 76.9 Å². The van der Waals surface area contributed by atoms with Crippen molar-refractivity contribution in [3.05, 3.63) is 93.2 Å². The summed E-state index contributed by atoms with van der Waals surface area (Å²) in [5.74, 6) is -0.190. The molecule has 2 N–H and O–H groups in total. The quantitative estimate of drug-likeness (QED) is 0.564. The lowest BCUT2D eigenvalue weighted by Crippen LogP contribution is -2.52. The van der Waals surface area contributed by atoms with Gasteiger partial charge in [-0.25, -0.2) is 0 Å². The van der Waals surface area contributed by atoms with Gasteiger partial charge in [-0.05, 0) is 29.2 Å². The van der Waals surface area contributed by atoms with Gasteiger partial charge in [0.15, 0.2) is 11.2 Å². The van der Waals surface area contributed by atoms with Crippen molar-refractivity contribution in [3.63, 3.8) is 0 Å². The normalized spacial score (nSPS) is 32.5. The number of hydrogen-bond donors (Lipinski definition) is 2. The molecule has 29 heavy (non-hydrogen) atoms. The van der Waals surface area contributed by atoms with Crippen LogP contribution in [-0.4, -0.2) is 21.3 Å². The van der Waals surface area contributed by atoms with Crippen molar-refractivity contribution < 1.29 is 14.9 Å². The standard InChI is InChI=1S/C23H19BrClNO3/c1-13-19(14-5-3-2-4-6-14)23(15-7-9-16(24)10-8-15)22(28,21(13)27)20-18(29-23)11-17(25)12-26-20/h2-13,19,21,27-28H,1H3/t13-,19+,21-,22?,23+/m1/s1. The molecular weight excluding hydrogens is 454 g/mol. The number of aliphatic hydroxyl groups is 2. The molecule has 0 saturated heterocycles. The van der Waals surface area contributed by atoms with E-state index < -0.39 is 17.3 Å². The number of pyridine rings is 1. The highest BCUT2D eigenvalue weighted by molar-refractivity contribution is 9.10. The Bertz CT molecular complexity index is 1080. The maximum Gasteiger partial charge on any atom is 0.181 e. The largest absolute Gasteiger partial charge is 0.476 e. The predicted molar refractivity (Wildman–Crippen MR) is 114 cm³/mol. The van der Waals surface area contributed by atoms with Crippen LogP contribution >= 0.6 is 27.5 Å². The Hall–Kier alpha value is -1.92. The molecule has 1 fully saturated rings. The maximum absolute atomic E-state index is 12.1. The van der Waals surface area contributed by atoms with Gasteiger partial charge in [0.05, 0.1) is 11.1 Å². The average molecular weight is 473 g/mol. The lowest BCUT2D eigenvalue weighted by atomic mass is 9.72. The van der Waals surface area contributed by atoms with Crippen LogP contribution in [0, 0.1) is 5.92 Å². The first-order valence-corrected chi connectivity index (χ1v) is 10.6. The number of nitrogens with zero attached hydrogens (tertiary/aromatic N) is 1. The number of hydrogen-bond acceptors (Lipinski definition) is 4. The van der Waals surface area contributed by atoms with Gasteiger partial charge in [-0.3, -0.25) is 4.98 Å². The summed E-state index contributed by atoms with van der Waals surface area (Å²) in [6.45, 7) is 1.94. The van der Waals surface area contributed by atoms with Crippen molar-refractivity contribution >= 4 is 27.5 Å². The van der Waals surface area contributed by atoms with Crippen LogP contribution in [0.3, 0.4) is 0 Å². The first-order chi connectivity index (χ1) is 13.9. The summed E-state index contributed by atoms with van der Waals surface area (Å²) in [4.78, 5) is 4.40. The van der Waals surface area contributed by atoms with Gasteiger partial charge in [0, 0.05) is 22.7 Å². The summed E-state index contributed by atoms with van der Waals surface area (Å²) in [6, 6.07) is 19.2. The molecule has 1 unspecified atom stereocenters. The molecule has 2 aliphatic rings. The lowest BCUT2D eigenvalue weighted by molar-refractivity contribution is -0.152. The van der Waals surface area contributed by atoms with E-state index in [2.05, 4.69) is 20.9 Å². The SMILES string of the molecule is C[C@H]1[C@@H](O)C2(O)c3ncc(Cl)cc3O[C@@]2(c2ccc(Br)cc2)[C@@H]1c1ccccc1. The average Bonchev–Trinajstić information content (AvgIpc) is 3.07.